The molecule has 0 aliphatic heterocycles. The Hall–Kier alpha value is -2.95. The van der Waals surface area contributed by atoms with Crippen LogP contribution in [0.2, 0.25) is 0 Å². The van der Waals surface area contributed by atoms with E-state index in [9.17, 15) is 13.2 Å². The fourth-order valence-electron chi connectivity index (χ4n) is 2.55. The SMILES string of the molecule is COc1ccc(C(F)=C(F)c2ccc3cc(OC)ccc3c2F)cc1. The molecule has 0 amide bonds. The maximum Gasteiger partial charge on any atom is 0.169 e. The minimum Gasteiger partial charge on any atom is -0.497 e. The third kappa shape index (κ3) is 3.18. The Labute approximate surface area is 143 Å². The molecule has 0 fully saturated rings. The van der Waals surface area contributed by atoms with Gasteiger partial charge < -0.3 is 9.47 Å². The van der Waals surface area contributed by atoms with Gasteiger partial charge in [0.1, 0.15) is 17.3 Å². The first-order valence-corrected chi connectivity index (χ1v) is 7.51. The van der Waals surface area contributed by atoms with Gasteiger partial charge in [-0.2, -0.15) is 0 Å². The maximum atomic E-state index is 14.6. The molecule has 0 saturated carbocycles. The molecule has 128 valence electrons. The lowest BCUT2D eigenvalue weighted by molar-refractivity contribution is 0.414. The van der Waals surface area contributed by atoms with E-state index in [1.165, 1.54) is 56.7 Å². The summed E-state index contributed by atoms with van der Waals surface area (Å²) in [5, 5.41) is 0.731. The van der Waals surface area contributed by atoms with Crippen molar-refractivity contribution in [2.24, 2.45) is 0 Å². The van der Waals surface area contributed by atoms with Gasteiger partial charge in [-0.25, -0.2) is 13.2 Å². The second-order valence-corrected chi connectivity index (χ2v) is 5.37. The minimum atomic E-state index is -1.25. The summed E-state index contributed by atoms with van der Waals surface area (Å²) < 4.78 is 53.7. The van der Waals surface area contributed by atoms with Gasteiger partial charge in [-0.3, -0.25) is 0 Å². The maximum absolute atomic E-state index is 14.6. The van der Waals surface area contributed by atoms with E-state index in [-0.39, 0.29) is 10.9 Å². The highest BCUT2D eigenvalue weighted by Gasteiger charge is 2.17. The number of hydrogen-bond donors (Lipinski definition) is 0. The zero-order chi connectivity index (χ0) is 18.0. The van der Waals surface area contributed by atoms with E-state index in [1.807, 2.05) is 0 Å². The van der Waals surface area contributed by atoms with Gasteiger partial charge >= 0.3 is 0 Å². The summed E-state index contributed by atoms with van der Waals surface area (Å²) in [6.07, 6.45) is 0. The van der Waals surface area contributed by atoms with E-state index in [0.717, 1.165) is 0 Å². The summed E-state index contributed by atoms with van der Waals surface area (Å²) in [4.78, 5) is 0. The van der Waals surface area contributed by atoms with Gasteiger partial charge in [0, 0.05) is 16.5 Å². The highest BCUT2D eigenvalue weighted by Crippen LogP contribution is 2.34. The molecule has 2 nitrogen and oxygen atoms in total. The zero-order valence-electron chi connectivity index (χ0n) is 13.6. The molecule has 0 bridgehead atoms. The van der Waals surface area contributed by atoms with Crippen molar-refractivity contribution in [1.29, 1.82) is 0 Å². The van der Waals surface area contributed by atoms with E-state index in [1.54, 1.807) is 12.1 Å². The molecule has 0 N–H and O–H groups in total. The highest BCUT2D eigenvalue weighted by molar-refractivity contribution is 5.91. The summed E-state index contributed by atoms with van der Waals surface area (Å²) >= 11 is 0. The number of ether oxygens (including phenoxy) is 2. The monoisotopic (exact) mass is 344 g/mol. The van der Waals surface area contributed by atoms with Crippen LogP contribution in [0.5, 0.6) is 11.5 Å². The summed E-state index contributed by atoms with van der Waals surface area (Å²) in [5.41, 5.74) is -0.418. The molecule has 0 radical (unpaired) electrons. The summed E-state index contributed by atoms with van der Waals surface area (Å²) in [6, 6.07) is 13.2. The summed E-state index contributed by atoms with van der Waals surface area (Å²) in [6.45, 7) is 0. The molecular formula is C20H15F3O2. The lowest BCUT2D eigenvalue weighted by Crippen LogP contribution is -1.92. The van der Waals surface area contributed by atoms with Crippen LogP contribution in [0.3, 0.4) is 0 Å². The second kappa shape index (κ2) is 6.89. The molecule has 0 aliphatic carbocycles. The van der Waals surface area contributed by atoms with Crippen molar-refractivity contribution in [2.75, 3.05) is 14.2 Å². The van der Waals surface area contributed by atoms with Crippen LogP contribution < -0.4 is 9.47 Å². The van der Waals surface area contributed by atoms with Gasteiger partial charge in [0.15, 0.2) is 11.7 Å². The van der Waals surface area contributed by atoms with Crippen LogP contribution in [-0.4, -0.2) is 14.2 Å². The largest absolute Gasteiger partial charge is 0.497 e. The number of methoxy groups -OCH3 is 2. The molecule has 0 aliphatic rings. The molecule has 3 aromatic rings. The van der Waals surface area contributed by atoms with Crippen LogP contribution in [0.15, 0.2) is 54.6 Å². The van der Waals surface area contributed by atoms with E-state index >= 15 is 0 Å². The Morgan fingerprint density at radius 3 is 2.04 bits per heavy atom. The van der Waals surface area contributed by atoms with Crippen LogP contribution in [0.25, 0.3) is 22.4 Å². The fraction of sp³-hybridized carbons (Fsp3) is 0.100. The van der Waals surface area contributed by atoms with Gasteiger partial charge in [0.2, 0.25) is 0 Å². The Morgan fingerprint density at radius 2 is 1.40 bits per heavy atom. The first-order chi connectivity index (χ1) is 12.0. The average molecular weight is 344 g/mol. The lowest BCUT2D eigenvalue weighted by Gasteiger charge is -2.08. The first-order valence-electron chi connectivity index (χ1n) is 7.51. The van der Waals surface area contributed by atoms with Crippen molar-refractivity contribution in [2.45, 2.75) is 0 Å². The van der Waals surface area contributed by atoms with Crippen molar-refractivity contribution in [3.8, 4) is 11.5 Å². The predicted molar refractivity (Wildman–Crippen MR) is 92.5 cm³/mol. The Balaban J connectivity index is 2.08. The van der Waals surface area contributed by atoms with Gasteiger partial charge in [-0.05, 0) is 53.9 Å². The Kier molecular flexibility index (Phi) is 4.65. The first kappa shape index (κ1) is 16.9. The van der Waals surface area contributed by atoms with Gasteiger partial charge in [0.25, 0.3) is 0 Å². The number of hydrogen-bond acceptors (Lipinski definition) is 2. The zero-order valence-corrected chi connectivity index (χ0v) is 13.6. The third-order valence-corrected chi connectivity index (χ3v) is 3.93. The summed E-state index contributed by atoms with van der Waals surface area (Å²) in [7, 11) is 2.97. The predicted octanol–water partition coefficient (Wildman–Crippen LogP) is 5.76. The third-order valence-electron chi connectivity index (χ3n) is 3.93. The van der Waals surface area contributed by atoms with Crippen LogP contribution in [-0.2, 0) is 0 Å². The smallest absolute Gasteiger partial charge is 0.169 e. The van der Waals surface area contributed by atoms with Gasteiger partial charge in [-0.15, -0.1) is 0 Å². The quantitative estimate of drug-likeness (QED) is 0.560. The molecule has 3 rings (SSSR count). The van der Waals surface area contributed by atoms with E-state index in [0.29, 0.717) is 16.9 Å². The average Bonchev–Trinajstić information content (AvgIpc) is 2.67. The second-order valence-electron chi connectivity index (χ2n) is 5.37. The van der Waals surface area contributed by atoms with E-state index < -0.39 is 23.0 Å². The highest BCUT2D eigenvalue weighted by atomic mass is 19.2. The molecule has 0 aromatic heterocycles. The number of fused-ring (bicyclic) bond motifs is 1. The number of rotatable bonds is 4. The Bertz CT molecular complexity index is 947. The topological polar surface area (TPSA) is 18.5 Å². The van der Waals surface area contributed by atoms with Crippen LogP contribution in [0, 0.1) is 5.82 Å². The number of halogens is 3. The molecule has 5 heteroatoms. The number of benzene rings is 3. The van der Waals surface area contributed by atoms with Crippen molar-refractivity contribution in [3.05, 3.63) is 71.5 Å². The molecule has 0 spiro atoms. The normalized spacial score (nSPS) is 12.0. The van der Waals surface area contributed by atoms with Crippen molar-refractivity contribution >= 4 is 22.4 Å². The molecule has 0 unspecified atom stereocenters. The van der Waals surface area contributed by atoms with Crippen molar-refractivity contribution in [1.82, 2.24) is 0 Å². The summed E-state index contributed by atoms with van der Waals surface area (Å²) in [5.74, 6) is -2.13. The van der Waals surface area contributed by atoms with Crippen LogP contribution in [0.4, 0.5) is 13.2 Å². The molecule has 0 atom stereocenters. The molecule has 0 saturated heterocycles. The van der Waals surface area contributed by atoms with Crippen molar-refractivity contribution < 1.29 is 22.6 Å². The molecule has 3 aromatic carbocycles. The molecular weight excluding hydrogens is 329 g/mol. The molecule has 25 heavy (non-hydrogen) atoms. The van der Waals surface area contributed by atoms with E-state index in [2.05, 4.69) is 0 Å². The Morgan fingerprint density at radius 1 is 0.760 bits per heavy atom. The van der Waals surface area contributed by atoms with Gasteiger partial charge in [0.05, 0.1) is 14.2 Å². The van der Waals surface area contributed by atoms with Crippen LogP contribution in [0.1, 0.15) is 11.1 Å². The molecule has 0 heterocycles. The standard InChI is InChI=1S/C20H15F3O2/c1-24-14-6-3-12(4-7-14)18(21)20(23)17-9-5-13-11-15(25-2)8-10-16(13)19(17)22/h3-11H,1-2H3. The van der Waals surface area contributed by atoms with Crippen LogP contribution >= 0.6 is 0 Å². The van der Waals surface area contributed by atoms with Gasteiger partial charge in [-0.1, -0.05) is 6.07 Å². The fourth-order valence-corrected chi connectivity index (χ4v) is 2.55. The van der Waals surface area contributed by atoms with E-state index in [4.69, 9.17) is 9.47 Å². The minimum absolute atomic E-state index is 0.00697. The lowest BCUT2D eigenvalue weighted by atomic mass is 10.0. The van der Waals surface area contributed by atoms with Crippen molar-refractivity contribution in [3.63, 3.8) is 0 Å².